The molecule has 10 heteroatoms. The van der Waals surface area contributed by atoms with E-state index >= 15 is 0 Å². The molecule has 34 heavy (non-hydrogen) atoms. The maximum atomic E-state index is 13.4. The first-order valence-corrected chi connectivity index (χ1v) is 12.0. The summed E-state index contributed by atoms with van der Waals surface area (Å²) >= 11 is 6.24. The van der Waals surface area contributed by atoms with Gasteiger partial charge < -0.3 is 15.4 Å². The summed E-state index contributed by atoms with van der Waals surface area (Å²) in [6.45, 7) is 3.56. The van der Waals surface area contributed by atoms with E-state index in [-0.39, 0.29) is 34.5 Å². The molecule has 4 rings (SSSR count). The molecule has 3 aromatic carbocycles. The van der Waals surface area contributed by atoms with Crippen molar-refractivity contribution in [2.24, 2.45) is 0 Å². The number of nitrogens with one attached hydrogen (secondary N) is 2. The predicted octanol–water partition coefficient (Wildman–Crippen LogP) is 4.30. The lowest BCUT2D eigenvalue weighted by Crippen LogP contribution is -2.31. The van der Waals surface area contributed by atoms with Gasteiger partial charge in [0.15, 0.2) is 6.61 Å². The Bertz CT molecular complexity index is 1390. The molecule has 174 valence electrons. The van der Waals surface area contributed by atoms with Crippen LogP contribution in [0.5, 0.6) is 5.75 Å². The maximum absolute atomic E-state index is 13.4. The SMILES string of the molecule is C=CCN(c1ccccc1Cl)S(=O)(=O)c1cccc(C(=O)Nc2ccc3c(c2)NC(=O)CO3)c1. The molecule has 1 heterocycles. The number of hydrogen-bond donors (Lipinski definition) is 2. The number of ether oxygens (including phenoxy) is 1. The second kappa shape index (κ2) is 9.58. The standard InChI is InChI=1S/C24H20ClN3O5S/c1-2-12-28(21-9-4-3-8-19(21)25)34(31,32)18-7-5-6-16(13-18)24(30)26-17-10-11-22-20(14-17)27-23(29)15-33-22/h2-11,13-14H,1,12,15H2,(H,26,30)(H,27,29). The molecule has 0 fully saturated rings. The number of hydrogen-bond acceptors (Lipinski definition) is 5. The third-order valence-corrected chi connectivity index (χ3v) is 7.07. The lowest BCUT2D eigenvalue weighted by atomic mass is 10.2. The van der Waals surface area contributed by atoms with Crippen molar-refractivity contribution in [2.75, 3.05) is 28.1 Å². The molecule has 0 bridgehead atoms. The average Bonchev–Trinajstić information content (AvgIpc) is 2.83. The zero-order valence-corrected chi connectivity index (χ0v) is 19.4. The Labute approximate surface area is 201 Å². The van der Waals surface area contributed by atoms with Gasteiger partial charge in [-0.1, -0.05) is 35.9 Å². The van der Waals surface area contributed by atoms with Crippen molar-refractivity contribution in [3.63, 3.8) is 0 Å². The predicted molar refractivity (Wildman–Crippen MR) is 131 cm³/mol. The second-order valence-corrected chi connectivity index (χ2v) is 9.58. The summed E-state index contributed by atoms with van der Waals surface area (Å²) in [5.74, 6) is -0.322. The molecule has 3 aromatic rings. The van der Waals surface area contributed by atoms with E-state index < -0.39 is 15.9 Å². The van der Waals surface area contributed by atoms with Gasteiger partial charge in [-0.15, -0.1) is 6.58 Å². The van der Waals surface area contributed by atoms with Gasteiger partial charge in [0.2, 0.25) is 0 Å². The Morgan fingerprint density at radius 3 is 2.71 bits per heavy atom. The largest absolute Gasteiger partial charge is 0.482 e. The smallest absolute Gasteiger partial charge is 0.264 e. The van der Waals surface area contributed by atoms with E-state index in [1.54, 1.807) is 42.5 Å². The van der Waals surface area contributed by atoms with Crippen LogP contribution in [0.2, 0.25) is 5.02 Å². The molecule has 8 nitrogen and oxygen atoms in total. The Morgan fingerprint density at radius 1 is 1.15 bits per heavy atom. The Balaban J connectivity index is 1.61. The first kappa shape index (κ1) is 23.3. The molecule has 1 aliphatic heterocycles. The quantitative estimate of drug-likeness (QED) is 0.473. The van der Waals surface area contributed by atoms with Crippen molar-refractivity contribution in [3.05, 3.63) is 90.0 Å². The first-order chi connectivity index (χ1) is 16.3. The molecule has 1 aliphatic rings. The number of sulfonamides is 1. The minimum atomic E-state index is -4.05. The molecule has 0 saturated carbocycles. The summed E-state index contributed by atoms with van der Waals surface area (Å²) in [5, 5.41) is 5.64. The zero-order chi connectivity index (χ0) is 24.3. The highest BCUT2D eigenvalue weighted by molar-refractivity contribution is 7.92. The summed E-state index contributed by atoms with van der Waals surface area (Å²) in [6.07, 6.45) is 1.45. The molecule has 0 aliphatic carbocycles. The van der Waals surface area contributed by atoms with E-state index in [9.17, 15) is 18.0 Å². The van der Waals surface area contributed by atoms with Crippen LogP contribution in [0.25, 0.3) is 0 Å². The van der Waals surface area contributed by atoms with Gasteiger partial charge in [0.1, 0.15) is 5.75 Å². The zero-order valence-electron chi connectivity index (χ0n) is 17.8. The monoisotopic (exact) mass is 497 g/mol. The fraction of sp³-hybridized carbons (Fsp3) is 0.0833. The molecular formula is C24H20ClN3O5S. The lowest BCUT2D eigenvalue weighted by molar-refractivity contribution is -0.118. The van der Waals surface area contributed by atoms with E-state index in [1.165, 1.54) is 30.3 Å². The van der Waals surface area contributed by atoms with Crippen LogP contribution in [0.1, 0.15) is 10.4 Å². The van der Waals surface area contributed by atoms with Crippen LogP contribution in [-0.2, 0) is 14.8 Å². The van der Waals surface area contributed by atoms with Crippen molar-refractivity contribution in [2.45, 2.75) is 4.90 Å². The number of halogens is 1. The third kappa shape index (κ3) is 4.75. The topological polar surface area (TPSA) is 105 Å². The normalized spacial score (nSPS) is 12.7. The summed E-state index contributed by atoms with van der Waals surface area (Å²) < 4.78 is 33.3. The summed E-state index contributed by atoms with van der Waals surface area (Å²) in [5.41, 5.74) is 1.28. The number of rotatable bonds is 7. The maximum Gasteiger partial charge on any atom is 0.264 e. The van der Waals surface area contributed by atoms with Gasteiger partial charge in [0, 0.05) is 11.3 Å². The Morgan fingerprint density at radius 2 is 1.94 bits per heavy atom. The second-order valence-electron chi connectivity index (χ2n) is 7.31. The number of para-hydroxylation sites is 1. The summed E-state index contributed by atoms with van der Waals surface area (Å²) in [4.78, 5) is 24.3. The summed E-state index contributed by atoms with van der Waals surface area (Å²) in [7, 11) is -4.05. The molecule has 2 amide bonds. The highest BCUT2D eigenvalue weighted by Crippen LogP contribution is 2.32. The molecule has 0 atom stereocenters. The lowest BCUT2D eigenvalue weighted by Gasteiger charge is -2.24. The number of carbonyl (C=O) groups excluding carboxylic acids is 2. The molecule has 0 saturated heterocycles. The fourth-order valence-corrected chi connectivity index (χ4v) is 5.17. The summed E-state index contributed by atoms with van der Waals surface area (Å²) in [6, 6.07) is 17.1. The molecule has 0 spiro atoms. The van der Waals surface area contributed by atoms with Crippen LogP contribution in [0.15, 0.2) is 84.3 Å². The number of fused-ring (bicyclic) bond motifs is 1. The highest BCUT2D eigenvalue weighted by atomic mass is 35.5. The number of nitrogens with zero attached hydrogens (tertiary/aromatic N) is 1. The Hall–Kier alpha value is -3.82. The van der Waals surface area contributed by atoms with Crippen LogP contribution in [0, 0.1) is 0 Å². The molecule has 2 N–H and O–H groups in total. The number of anilines is 3. The minimum Gasteiger partial charge on any atom is -0.482 e. The average molecular weight is 498 g/mol. The fourth-order valence-electron chi connectivity index (χ4n) is 3.39. The van der Waals surface area contributed by atoms with Gasteiger partial charge in [-0.25, -0.2) is 8.42 Å². The van der Waals surface area contributed by atoms with Crippen LogP contribution in [0.3, 0.4) is 0 Å². The van der Waals surface area contributed by atoms with Crippen molar-refractivity contribution in [3.8, 4) is 5.75 Å². The van der Waals surface area contributed by atoms with Gasteiger partial charge in [0.05, 0.1) is 27.8 Å². The van der Waals surface area contributed by atoms with Gasteiger partial charge in [-0.3, -0.25) is 13.9 Å². The van der Waals surface area contributed by atoms with Crippen molar-refractivity contribution in [1.29, 1.82) is 0 Å². The molecule has 0 unspecified atom stereocenters. The van der Waals surface area contributed by atoms with Crippen LogP contribution in [0.4, 0.5) is 17.1 Å². The van der Waals surface area contributed by atoms with Crippen LogP contribution >= 0.6 is 11.6 Å². The molecule has 0 aromatic heterocycles. The minimum absolute atomic E-state index is 0.00852. The number of benzene rings is 3. The van der Waals surface area contributed by atoms with Gasteiger partial charge in [-0.2, -0.15) is 0 Å². The van der Waals surface area contributed by atoms with Crippen molar-refractivity contribution >= 4 is 50.5 Å². The van der Waals surface area contributed by atoms with E-state index in [2.05, 4.69) is 17.2 Å². The third-order valence-electron chi connectivity index (χ3n) is 4.97. The van der Waals surface area contributed by atoms with Crippen molar-refractivity contribution < 1.29 is 22.7 Å². The van der Waals surface area contributed by atoms with E-state index in [1.807, 2.05) is 0 Å². The van der Waals surface area contributed by atoms with Crippen molar-refractivity contribution in [1.82, 2.24) is 0 Å². The Kier molecular flexibility index (Phi) is 6.58. The molecule has 0 radical (unpaired) electrons. The number of amides is 2. The number of carbonyl (C=O) groups is 2. The van der Waals surface area contributed by atoms with E-state index in [0.29, 0.717) is 22.8 Å². The van der Waals surface area contributed by atoms with E-state index in [0.717, 1.165) is 4.31 Å². The van der Waals surface area contributed by atoms with Gasteiger partial charge in [0.25, 0.3) is 21.8 Å². The van der Waals surface area contributed by atoms with Gasteiger partial charge >= 0.3 is 0 Å². The highest BCUT2D eigenvalue weighted by Gasteiger charge is 2.26. The molecular weight excluding hydrogens is 478 g/mol. The van der Waals surface area contributed by atoms with E-state index in [4.69, 9.17) is 16.3 Å². The van der Waals surface area contributed by atoms with Gasteiger partial charge in [-0.05, 0) is 48.5 Å². The van der Waals surface area contributed by atoms with Crippen LogP contribution < -0.4 is 19.7 Å². The first-order valence-electron chi connectivity index (χ1n) is 10.2. The van der Waals surface area contributed by atoms with Crippen LogP contribution in [-0.4, -0.2) is 33.4 Å².